The predicted molar refractivity (Wildman–Crippen MR) is 65.2 cm³/mol. The maximum atomic E-state index is 9.10. The summed E-state index contributed by atoms with van der Waals surface area (Å²) in [6.45, 7) is 0.113. The second-order valence-corrected chi connectivity index (χ2v) is 4.02. The topological polar surface area (TPSA) is 25.2 Å². The van der Waals surface area contributed by atoms with Crippen molar-refractivity contribution in [2.24, 2.45) is 7.05 Å². The summed E-state index contributed by atoms with van der Waals surface area (Å²) in [6.07, 6.45) is 2.06. The summed E-state index contributed by atoms with van der Waals surface area (Å²) >= 11 is 0. The minimum atomic E-state index is 0.113. The maximum absolute atomic E-state index is 9.10. The van der Waals surface area contributed by atoms with Gasteiger partial charge in [0.05, 0.1) is 6.61 Å². The van der Waals surface area contributed by atoms with E-state index >= 15 is 0 Å². The lowest BCUT2D eigenvalue weighted by atomic mass is 10.1. The molecule has 0 radical (unpaired) electrons. The molecule has 0 spiro atoms. The van der Waals surface area contributed by atoms with E-state index in [0.717, 1.165) is 18.5 Å². The Morgan fingerprint density at radius 1 is 0.938 bits per heavy atom. The van der Waals surface area contributed by atoms with Crippen LogP contribution in [0.4, 0.5) is 0 Å². The summed E-state index contributed by atoms with van der Waals surface area (Å²) in [4.78, 5) is 0. The number of hydrogen-bond donors (Lipinski definition) is 1. The molecule has 0 aliphatic carbocycles. The van der Waals surface area contributed by atoms with Gasteiger partial charge in [0.1, 0.15) is 0 Å². The van der Waals surface area contributed by atoms with Crippen LogP contribution in [0, 0.1) is 0 Å². The van der Waals surface area contributed by atoms with Crippen molar-refractivity contribution in [3.8, 4) is 0 Å². The molecular formula is C14H17NO. The molecule has 0 fully saturated rings. The van der Waals surface area contributed by atoms with Gasteiger partial charge in [0.15, 0.2) is 0 Å². The van der Waals surface area contributed by atoms with E-state index in [1.54, 1.807) is 0 Å². The fourth-order valence-corrected chi connectivity index (χ4v) is 1.93. The molecule has 1 N–H and O–H groups in total. The van der Waals surface area contributed by atoms with Gasteiger partial charge in [0.25, 0.3) is 0 Å². The highest BCUT2D eigenvalue weighted by atomic mass is 16.3. The number of rotatable bonds is 4. The molecule has 0 bridgehead atoms. The first-order chi connectivity index (χ1) is 7.81. The van der Waals surface area contributed by atoms with Gasteiger partial charge in [-0.1, -0.05) is 30.3 Å². The van der Waals surface area contributed by atoms with E-state index in [9.17, 15) is 0 Å². The van der Waals surface area contributed by atoms with Crippen molar-refractivity contribution in [3.05, 3.63) is 59.4 Å². The van der Waals surface area contributed by atoms with E-state index in [1.807, 2.05) is 19.2 Å². The second kappa shape index (κ2) is 4.99. The van der Waals surface area contributed by atoms with Crippen LogP contribution in [0.15, 0.2) is 42.5 Å². The van der Waals surface area contributed by atoms with Gasteiger partial charge in [-0.3, -0.25) is 0 Å². The Bertz CT molecular complexity index is 445. The molecule has 1 aromatic heterocycles. The van der Waals surface area contributed by atoms with Crippen molar-refractivity contribution in [1.29, 1.82) is 0 Å². The van der Waals surface area contributed by atoms with E-state index in [2.05, 4.69) is 34.9 Å². The lowest BCUT2D eigenvalue weighted by Crippen LogP contribution is -2.02. The van der Waals surface area contributed by atoms with Crippen LogP contribution in [0.2, 0.25) is 0 Å². The van der Waals surface area contributed by atoms with E-state index in [-0.39, 0.29) is 6.61 Å². The number of aliphatic hydroxyl groups is 1. The van der Waals surface area contributed by atoms with Crippen molar-refractivity contribution in [2.45, 2.75) is 19.4 Å². The first-order valence-electron chi connectivity index (χ1n) is 5.59. The van der Waals surface area contributed by atoms with Crippen molar-refractivity contribution in [3.63, 3.8) is 0 Å². The van der Waals surface area contributed by atoms with Crippen molar-refractivity contribution >= 4 is 0 Å². The number of aliphatic hydroxyl groups excluding tert-OH is 1. The molecule has 2 heteroatoms. The molecule has 2 aromatic rings. The fourth-order valence-electron chi connectivity index (χ4n) is 1.93. The highest BCUT2D eigenvalue weighted by Crippen LogP contribution is 2.11. The summed E-state index contributed by atoms with van der Waals surface area (Å²) in [5.74, 6) is 0. The Hall–Kier alpha value is -1.54. The van der Waals surface area contributed by atoms with Crippen LogP contribution >= 0.6 is 0 Å². The molecule has 2 nitrogen and oxygen atoms in total. The van der Waals surface area contributed by atoms with E-state index < -0.39 is 0 Å². The monoisotopic (exact) mass is 215 g/mol. The third kappa shape index (κ3) is 2.34. The molecule has 16 heavy (non-hydrogen) atoms. The lowest BCUT2D eigenvalue weighted by molar-refractivity contribution is 0.272. The molecule has 1 heterocycles. The molecular weight excluding hydrogens is 198 g/mol. The summed E-state index contributed by atoms with van der Waals surface area (Å²) in [5.41, 5.74) is 3.60. The molecule has 0 saturated heterocycles. The molecule has 0 aliphatic heterocycles. The minimum Gasteiger partial charge on any atom is -0.390 e. The largest absolute Gasteiger partial charge is 0.390 e. The number of aromatic nitrogens is 1. The average molecular weight is 215 g/mol. The minimum absolute atomic E-state index is 0.113. The van der Waals surface area contributed by atoms with Crippen LogP contribution in [0.1, 0.15) is 17.0 Å². The van der Waals surface area contributed by atoms with Crippen molar-refractivity contribution in [1.82, 2.24) is 4.57 Å². The van der Waals surface area contributed by atoms with E-state index in [4.69, 9.17) is 5.11 Å². The van der Waals surface area contributed by atoms with Gasteiger partial charge in [-0.25, -0.2) is 0 Å². The quantitative estimate of drug-likeness (QED) is 0.831. The van der Waals surface area contributed by atoms with Gasteiger partial charge in [0.2, 0.25) is 0 Å². The number of nitrogens with zero attached hydrogens (tertiary/aromatic N) is 1. The molecule has 0 amide bonds. The van der Waals surface area contributed by atoms with Crippen LogP contribution in [0.5, 0.6) is 0 Å². The van der Waals surface area contributed by atoms with Crippen LogP contribution in [-0.4, -0.2) is 9.67 Å². The molecule has 1 aromatic carbocycles. The van der Waals surface area contributed by atoms with Gasteiger partial charge in [0, 0.05) is 18.4 Å². The summed E-state index contributed by atoms with van der Waals surface area (Å²) in [5, 5.41) is 9.10. The fraction of sp³-hybridized carbons (Fsp3) is 0.286. The van der Waals surface area contributed by atoms with E-state index in [0.29, 0.717) is 0 Å². The molecule has 0 saturated carbocycles. The summed E-state index contributed by atoms with van der Waals surface area (Å²) in [6, 6.07) is 14.6. The lowest BCUT2D eigenvalue weighted by Gasteiger charge is -2.06. The third-order valence-corrected chi connectivity index (χ3v) is 3.00. The Kier molecular flexibility index (Phi) is 3.42. The van der Waals surface area contributed by atoms with Gasteiger partial charge in [-0.2, -0.15) is 0 Å². The normalized spacial score (nSPS) is 10.6. The zero-order chi connectivity index (χ0) is 11.4. The zero-order valence-electron chi connectivity index (χ0n) is 9.56. The van der Waals surface area contributed by atoms with Gasteiger partial charge in [-0.15, -0.1) is 0 Å². The molecule has 0 aliphatic rings. The Balaban J connectivity index is 2.02. The third-order valence-electron chi connectivity index (χ3n) is 3.00. The smallest absolute Gasteiger partial charge is 0.0832 e. The van der Waals surface area contributed by atoms with Crippen LogP contribution < -0.4 is 0 Å². The highest BCUT2D eigenvalue weighted by Gasteiger charge is 2.03. The van der Waals surface area contributed by atoms with Crippen molar-refractivity contribution in [2.75, 3.05) is 0 Å². The predicted octanol–water partition coefficient (Wildman–Crippen LogP) is 2.30. The SMILES string of the molecule is Cn1c(CO)ccc1CCc1ccccc1. The zero-order valence-corrected chi connectivity index (χ0v) is 9.56. The van der Waals surface area contributed by atoms with Gasteiger partial charge >= 0.3 is 0 Å². The molecule has 2 rings (SSSR count). The standard InChI is InChI=1S/C14H17NO/c1-15-13(9-10-14(15)11-16)8-7-12-5-3-2-4-6-12/h2-6,9-10,16H,7-8,11H2,1H3. The maximum Gasteiger partial charge on any atom is 0.0832 e. The second-order valence-electron chi connectivity index (χ2n) is 4.02. The molecule has 0 unspecified atom stereocenters. The first-order valence-corrected chi connectivity index (χ1v) is 5.59. The number of benzene rings is 1. The summed E-state index contributed by atoms with van der Waals surface area (Å²) in [7, 11) is 2.01. The van der Waals surface area contributed by atoms with Crippen molar-refractivity contribution < 1.29 is 5.11 Å². The van der Waals surface area contributed by atoms with Gasteiger partial charge in [-0.05, 0) is 30.5 Å². The Labute approximate surface area is 96.2 Å². The number of hydrogen-bond acceptors (Lipinski definition) is 1. The molecule has 0 atom stereocenters. The highest BCUT2D eigenvalue weighted by molar-refractivity contribution is 5.19. The van der Waals surface area contributed by atoms with Crippen LogP contribution in [0.3, 0.4) is 0 Å². The number of aryl methyl sites for hydroxylation is 2. The van der Waals surface area contributed by atoms with Gasteiger partial charge < -0.3 is 9.67 Å². The Morgan fingerprint density at radius 3 is 2.25 bits per heavy atom. The molecule has 84 valence electrons. The average Bonchev–Trinajstić information content (AvgIpc) is 2.69. The van der Waals surface area contributed by atoms with E-state index in [1.165, 1.54) is 11.3 Å². The summed E-state index contributed by atoms with van der Waals surface area (Å²) < 4.78 is 2.07. The van der Waals surface area contributed by atoms with Crippen LogP contribution in [-0.2, 0) is 26.5 Å². The Morgan fingerprint density at radius 2 is 1.62 bits per heavy atom. The van der Waals surface area contributed by atoms with Crippen LogP contribution in [0.25, 0.3) is 0 Å². The first kappa shape index (κ1) is 11.0.